The average molecular weight is 176 g/mol. The molecule has 0 fully saturated rings. The van der Waals surface area contributed by atoms with Gasteiger partial charge in [-0.15, -0.1) is 11.6 Å². The van der Waals surface area contributed by atoms with Gasteiger partial charge in [-0.2, -0.15) is 0 Å². The van der Waals surface area contributed by atoms with Crippen LogP contribution in [0.2, 0.25) is 0 Å². The average Bonchev–Trinajstić information content (AvgIpc) is 2.03. The van der Waals surface area contributed by atoms with E-state index in [-0.39, 0.29) is 0 Å². The van der Waals surface area contributed by atoms with Crippen LogP contribution in [0.25, 0.3) is 0 Å². The molecular weight excluding hydrogens is 158 g/mol. The summed E-state index contributed by atoms with van der Waals surface area (Å²) in [6.07, 6.45) is 7.82. The zero-order valence-electron chi connectivity index (χ0n) is 7.28. The normalized spacial score (nSPS) is 11.1. The maximum atomic E-state index is 5.53. The maximum Gasteiger partial charge on any atom is 0.0223 e. The van der Waals surface area contributed by atoms with Crippen LogP contribution in [-0.4, -0.2) is 19.0 Å². The fourth-order valence-electron chi connectivity index (χ4n) is 0.825. The van der Waals surface area contributed by atoms with E-state index < -0.39 is 0 Å². The van der Waals surface area contributed by atoms with Crippen molar-refractivity contribution in [3.8, 4) is 0 Å². The molecule has 0 aliphatic carbocycles. The van der Waals surface area contributed by atoms with Gasteiger partial charge in [-0.05, 0) is 26.3 Å². The number of halogens is 1. The highest BCUT2D eigenvalue weighted by molar-refractivity contribution is 6.17. The van der Waals surface area contributed by atoms with Gasteiger partial charge in [0.1, 0.15) is 0 Å². The third kappa shape index (κ3) is 9.99. The molecule has 0 aromatic carbocycles. The van der Waals surface area contributed by atoms with Gasteiger partial charge in [0, 0.05) is 12.4 Å². The number of hydrogen-bond acceptors (Lipinski definition) is 1. The van der Waals surface area contributed by atoms with Crippen molar-refractivity contribution in [2.45, 2.75) is 26.2 Å². The molecule has 0 radical (unpaired) electrons. The Morgan fingerprint density at radius 2 is 2.09 bits per heavy atom. The van der Waals surface area contributed by atoms with E-state index in [4.69, 9.17) is 11.6 Å². The standard InChI is InChI=1S/C9H18ClN/c1-2-3-8-11-9-6-4-5-7-10/h2-3,11H,4-9H2,1H3/b3-2+. The van der Waals surface area contributed by atoms with Crippen molar-refractivity contribution in [3.63, 3.8) is 0 Å². The summed E-state index contributed by atoms with van der Waals surface area (Å²) in [5.74, 6) is 0.800. The molecule has 1 N–H and O–H groups in total. The zero-order valence-corrected chi connectivity index (χ0v) is 8.03. The molecule has 0 aromatic heterocycles. The number of alkyl halides is 1. The van der Waals surface area contributed by atoms with Crippen molar-refractivity contribution in [3.05, 3.63) is 12.2 Å². The number of rotatable bonds is 7. The van der Waals surface area contributed by atoms with E-state index in [2.05, 4.69) is 17.5 Å². The van der Waals surface area contributed by atoms with Crippen LogP contribution >= 0.6 is 11.6 Å². The van der Waals surface area contributed by atoms with Gasteiger partial charge < -0.3 is 5.32 Å². The summed E-state index contributed by atoms with van der Waals surface area (Å²) >= 11 is 5.53. The highest BCUT2D eigenvalue weighted by atomic mass is 35.5. The molecule has 66 valence electrons. The minimum atomic E-state index is 0.800. The molecule has 11 heavy (non-hydrogen) atoms. The van der Waals surface area contributed by atoms with Crippen LogP contribution in [0, 0.1) is 0 Å². The van der Waals surface area contributed by atoms with E-state index in [1.54, 1.807) is 0 Å². The van der Waals surface area contributed by atoms with Crippen molar-refractivity contribution in [2.75, 3.05) is 19.0 Å². The van der Waals surface area contributed by atoms with E-state index in [9.17, 15) is 0 Å². The van der Waals surface area contributed by atoms with Gasteiger partial charge in [-0.1, -0.05) is 18.6 Å². The first-order chi connectivity index (χ1) is 5.41. The minimum Gasteiger partial charge on any atom is -0.313 e. The first-order valence-electron chi connectivity index (χ1n) is 4.29. The van der Waals surface area contributed by atoms with Crippen LogP contribution < -0.4 is 5.32 Å². The second-order valence-electron chi connectivity index (χ2n) is 2.52. The summed E-state index contributed by atoms with van der Waals surface area (Å²) in [6, 6.07) is 0. The van der Waals surface area contributed by atoms with E-state index in [0.29, 0.717) is 0 Å². The largest absolute Gasteiger partial charge is 0.313 e. The lowest BCUT2D eigenvalue weighted by molar-refractivity contribution is 0.648. The number of unbranched alkanes of at least 4 members (excludes halogenated alkanes) is 2. The van der Waals surface area contributed by atoms with Crippen LogP contribution in [0.3, 0.4) is 0 Å². The van der Waals surface area contributed by atoms with Crippen LogP contribution in [0.15, 0.2) is 12.2 Å². The summed E-state index contributed by atoms with van der Waals surface area (Å²) in [5.41, 5.74) is 0. The van der Waals surface area contributed by atoms with Gasteiger partial charge >= 0.3 is 0 Å². The first kappa shape index (κ1) is 11.0. The fraction of sp³-hybridized carbons (Fsp3) is 0.778. The van der Waals surface area contributed by atoms with Gasteiger partial charge in [-0.3, -0.25) is 0 Å². The molecule has 0 saturated carbocycles. The third-order valence-electron chi connectivity index (χ3n) is 1.49. The Bertz CT molecular complexity index is 91.6. The topological polar surface area (TPSA) is 12.0 Å². The van der Waals surface area contributed by atoms with E-state index in [0.717, 1.165) is 25.4 Å². The number of hydrogen-bond donors (Lipinski definition) is 1. The molecule has 0 aromatic rings. The summed E-state index contributed by atoms with van der Waals surface area (Å²) < 4.78 is 0. The maximum absolute atomic E-state index is 5.53. The van der Waals surface area contributed by atoms with Crippen molar-refractivity contribution in [2.24, 2.45) is 0 Å². The van der Waals surface area contributed by atoms with Gasteiger partial charge in [-0.25, -0.2) is 0 Å². The Morgan fingerprint density at radius 3 is 2.73 bits per heavy atom. The zero-order chi connectivity index (χ0) is 8.36. The third-order valence-corrected chi connectivity index (χ3v) is 1.75. The molecule has 0 heterocycles. The van der Waals surface area contributed by atoms with Gasteiger partial charge in [0.25, 0.3) is 0 Å². The summed E-state index contributed by atoms with van der Waals surface area (Å²) in [4.78, 5) is 0. The Balaban J connectivity index is 2.79. The SMILES string of the molecule is C/C=C/CNCCCCCCl. The quantitative estimate of drug-likeness (QED) is 0.356. The monoisotopic (exact) mass is 175 g/mol. The fourth-order valence-corrected chi connectivity index (χ4v) is 1.01. The van der Waals surface area contributed by atoms with Gasteiger partial charge in [0.2, 0.25) is 0 Å². The molecule has 2 heteroatoms. The van der Waals surface area contributed by atoms with Crippen LogP contribution in [0.1, 0.15) is 26.2 Å². The molecule has 0 aliphatic rings. The molecule has 0 aliphatic heterocycles. The van der Waals surface area contributed by atoms with Crippen LogP contribution in [0.5, 0.6) is 0 Å². The predicted octanol–water partition coefficient (Wildman–Crippen LogP) is 2.56. The van der Waals surface area contributed by atoms with Crippen molar-refractivity contribution < 1.29 is 0 Å². The molecule has 0 saturated heterocycles. The molecular formula is C9H18ClN. The highest BCUT2D eigenvalue weighted by Gasteiger charge is 1.86. The van der Waals surface area contributed by atoms with Crippen molar-refractivity contribution >= 4 is 11.6 Å². The van der Waals surface area contributed by atoms with Crippen molar-refractivity contribution in [1.82, 2.24) is 5.32 Å². The summed E-state index contributed by atoms with van der Waals surface area (Å²) in [5, 5.41) is 3.32. The smallest absolute Gasteiger partial charge is 0.0223 e. The highest BCUT2D eigenvalue weighted by Crippen LogP contribution is 1.94. The Morgan fingerprint density at radius 1 is 1.27 bits per heavy atom. The molecule has 0 bridgehead atoms. The second kappa shape index (κ2) is 9.99. The number of nitrogens with one attached hydrogen (secondary N) is 1. The molecule has 0 spiro atoms. The lowest BCUT2D eigenvalue weighted by atomic mass is 10.2. The van der Waals surface area contributed by atoms with E-state index >= 15 is 0 Å². The van der Waals surface area contributed by atoms with Gasteiger partial charge in [0.15, 0.2) is 0 Å². The molecule has 0 unspecified atom stereocenters. The Labute approximate surface area is 74.8 Å². The molecule has 0 rings (SSSR count). The lowest BCUT2D eigenvalue weighted by Crippen LogP contribution is -2.14. The molecule has 0 atom stereocenters. The first-order valence-corrected chi connectivity index (χ1v) is 4.83. The van der Waals surface area contributed by atoms with Crippen molar-refractivity contribution in [1.29, 1.82) is 0 Å². The van der Waals surface area contributed by atoms with E-state index in [1.165, 1.54) is 12.8 Å². The number of allylic oxidation sites excluding steroid dienone is 1. The summed E-state index contributed by atoms with van der Waals surface area (Å²) in [6.45, 7) is 4.15. The lowest BCUT2D eigenvalue weighted by Gasteiger charge is -1.99. The van der Waals surface area contributed by atoms with Crippen LogP contribution in [0.4, 0.5) is 0 Å². The van der Waals surface area contributed by atoms with Crippen LogP contribution in [-0.2, 0) is 0 Å². The Hall–Kier alpha value is -0.0100. The Kier molecular flexibility index (Phi) is 9.98. The minimum absolute atomic E-state index is 0.800. The molecule has 0 amide bonds. The van der Waals surface area contributed by atoms with E-state index in [1.807, 2.05) is 6.92 Å². The predicted molar refractivity (Wildman–Crippen MR) is 52.3 cm³/mol. The second-order valence-corrected chi connectivity index (χ2v) is 2.90. The van der Waals surface area contributed by atoms with Gasteiger partial charge in [0.05, 0.1) is 0 Å². The molecule has 1 nitrogen and oxygen atoms in total. The summed E-state index contributed by atoms with van der Waals surface area (Å²) in [7, 11) is 0.